The average molecular weight is 335 g/mol. The fourth-order valence-corrected chi connectivity index (χ4v) is 3.37. The predicted molar refractivity (Wildman–Crippen MR) is 83.1 cm³/mol. The SMILES string of the molecule is CC1CCN(C(=O)[C@@H](C)N2CCN([C@@H](C)C(F)(F)F)CC2)CC1. The number of carbonyl (C=O) groups excluding carboxylic acids is 1. The highest BCUT2D eigenvalue weighted by molar-refractivity contribution is 5.81. The lowest BCUT2D eigenvalue weighted by molar-refractivity contribution is -0.183. The molecule has 0 unspecified atom stereocenters. The number of piperazine rings is 1. The van der Waals surface area contributed by atoms with Gasteiger partial charge in [0.1, 0.15) is 6.04 Å². The van der Waals surface area contributed by atoms with Gasteiger partial charge in [0.15, 0.2) is 0 Å². The Morgan fingerprint density at radius 1 is 0.957 bits per heavy atom. The van der Waals surface area contributed by atoms with Crippen molar-refractivity contribution in [3.05, 3.63) is 0 Å². The Bertz CT molecular complexity index is 400. The summed E-state index contributed by atoms with van der Waals surface area (Å²) in [5.41, 5.74) is 0. The number of rotatable bonds is 3. The lowest BCUT2D eigenvalue weighted by Gasteiger charge is -2.42. The first-order valence-corrected chi connectivity index (χ1v) is 8.53. The average Bonchev–Trinajstić information content (AvgIpc) is 2.53. The molecule has 7 heteroatoms. The van der Waals surface area contributed by atoms with Crippen LogP contribution in [0.3, 0.4) is 0 Å². The van der Waals surface area contributed by atoms with Gasteiger partial charge in [-0.1, -0.05) is 6.92 Å². The number of halogens is 3. The molecule has 0 saturated carbocycles. The number of nitrogens with zero attached hydrogens (tertiary/aromatic N) is 3. The van der Waals surface area contributed by atoms with Crippen molar-refractivity contribution in [1.29, 1.82) is 0 Å². The monoisotopic (exact) mass is 335 g/mol. The highest BCUT2D eigenvalue weighted by atomic mass is 19.4. The van der Waals surface area contributed by atoms with Gasteiger partial charge in [-0.2, -0.15) is 13.2 Å². The molecule has 2 rings (SSSR count). The van der Waals surface area contributed by atoms with Crippen molar-refractivity contribution in [3.63, 3.8) is 0 Å². The summed E-state index contributed by atoms with van der Waals surface area (Å²) in [6, 6.07) is -1.66. The minimum absolute atomic E-state index is 0.120. The van der Waals surface area contributed by atoms with Gasteiger partial charge < -0.3 is 4.90 Å². The molecule has 0 aromatic carbocycles. The molecule has 23 heavy (non-hydrogen) atoms. The van der Waals surface area contributed by atoms with E-state index in [1.165, 1.54) is 11.8 Å². The van der Waals surface area contributed by atoms with Gasteiger partial charge in [0.25, 0.3) is 0 Å². The Balaban J connectivity index is 1.83. The standard InChI is InChI=1S/C16H28F3N3O/c1-12-4-6-22(7-5-12)15(23)13(2)20-8-10-21(11-9-20)14(3)16(17,18)19/h12-14H,4-11H2,1-3H3/t13-,14+/m1/s1. The molecule has 0 radical (unpaired) electrons. The number of amides is 1. The van der Waals surface area contributed by atoms with Crippen LogP contribution in [0.5, 0.6) is 0 Å². The molecule has 0 spiro atoms. The maximum absolute atomic E-state index is 12.8. The number of piperidine rings is 1. The van der Waals surface area contributed by atoms with Crippen molar-refractivity contribution in [2.75, 3.05) is 39.3 Å². The Kier molecular flexibility index (Phi) is 5.94. The van der Waals surface area contributed by atoms with Crippen LogP contribution < -0.4 is 0 Å². The summed E-state index contributed by atoms with van der Waals surface area (Å²) in [6.45, 7) is 8.62. The van der Waals surface area contributed by atoms with Gasteiger partial charge in [0.2, 0.25) is 5.91 Å². The maximum atomic E-state index is 12.8. The van der Waals surface area contributed by atoms with E-state index in [1.54, 1.807) is 0 Å². The third-order valence-corrected chi connectivity index (χ3v) is 5.37. The number of hydrogen-bond donors (Lipinski definition) is 0. The third kappa shape index (κ3) is 4.59. The highest BCUT2D eigenvalue weighted by Gasteiger charge is 2.41. The van der Waals surface area contributed by atoms with Crippen LogP contribution in [-0.2, 0) is 4.79 Å². The molecule has 0 aliphatic carbocycles. The van der Waals surface area contributed by atoms with Crippen LogP contribution >= 0.6 is 0 Å². The van der Waals surface area contributed by atoms with Crippen LogP contribution in [0.4, 0.5) is 13.2 Å². The molecule has 0 N–H and O–H groups in total. The largest absolute Gasteiger partial charge is 0.403 e. The zero-order valence-electron chi connectivity index (χ0n) is 14.3. The van der Waals surface area contributed by atoms with Gasteiger partial charge in [0, 0.05) is 39.3 Å². The molecule has 2 saturated heterocycles. The summed E-state index contributed by atoms with van der Waals surface area (Å²) >= 11 is 0. The van der Waals surface area contributed by atoms with E-state index in [9.17, 15) is 18.0 Å². The van der Waals surface area contributed by atoms with E-state index in [0.29, 0.717) is 32.1 Å². The molecule has 0 bridgehead atoms. The van der Waals surface area contributed by atoms with Gasteiger partial charge in [-0.3, -0.25) is 14.6 Å². The van der Waals surface area contributed by atoms with Gasteiger partial charge >= 0.3 is 6.18 Å². The van der Waals surface area contributed by atoms with E-state index in [1.807, 2.05) is 16.7 Å². The van der Waals surface area contributed by atoms with E-state index < -0.39 is 12.2 Å². The molecular weight excluding hydrogens is 307 g/mol. The quantitative estimate of drug-likeness (QED) is 0.791. The van der Waals surface area contributed by atoms with Crippen molar-refractivity contribution in [2.24, 2.45) is 5.92 Å². The summed E-state index contributed by atoms with van der Waals surface area (Å²) in [4.78, 5) is 17.9. The molecule has 134 valence electrons. The normalized spacial score (nSPS) is 25.4. The molecule has 0 aromatic rings. The lowest BCUT2D eigenvalue weighted by Crippen LogP contribution is -2.58. The molecule has 2 aliphatic rings. The van der Waals surface area contributed by atoms with Crippen molar-refractivity contribution < 1.29 is 18.0 Å². The third-order valence-electron chi connectivity index (χ3n) is 5.37. The minimum atomic E-state index is -4.19. The molecule has 0 aromatic heterocycles. The Morgan fingerprint density at radius 3 is 1.91 bits per heavy atom. The van der Waals surface area contributed by atoms with E-state index >= 15 is 0 Å². The molecule has 1 amide bonds. The molecular formula is C16H28F3N3O. The Hall–Kier alpha value is -0.820. The summed E-state index contributed by atoms with van der Waals surface area (Å²) in [7, 11) is 0. The first-order valence-electron chi connectivity index (χ1n) is 8.53. The van der Waals surface area contributed by atoms with Gasteiger partial charge in [-0.15, -0.1) is 0 Å². The van der Waals surface area contributed by atoms with Gasteiger partial charge in [0.05, 0.1) is 6.04 Å². The second kappa shape index (κ2) is 7.38. The molecule has 2 fully saturated rings. The summed E-state index contributed by atoms with van der Waals surface area (Å²) in [5, 5.41) is 0. The topological polar surface area (TPSA) is 26.8 Å². The molecule has 4 nitrogen and oxygen atoms in total. The molecule has 2 heterocycles. The van der Waals surface area contributed by atoms with Crippen LogP contribution in [0.1, 0.15) is 33.6 Å². The van der Waals surface area contributed by atoms with Crippen LogP contribution in [0.15, 0.2) is 0 Å². The molecule has 2 atom stereocenters. The van der Waals surface area contributed by atoms with Crippen LogP contribution in [-0.4, -0.2) is 78.1 Å². The number of likely N-dealkylation sites (tertiary alicyclic amines) is 1. The van der Waals surface area contributed by atoms with E-state index in [2.05, 4.69) is 6.92 Å². The number of hydrogen-bond acceptors (Lipinski definition) is 3. The van der Waals surface area contributed by atoms with Gasteiger partial charge in [-0.25, -0.2) is 0 Å². The minimum Gasteiger partial charge on any atom is -0.341 e. The lowest BCUT2D eigenvalue weighted by atomic mass is 9.98. The van der Waals surface area contributed by atoms with Crippen LogP contribution in [0.2, 0.25) is 0 Å². The number of carbonyl (C=O) groups is 1. The predicted octanol–water partition coefficient (Wildman–Crippen LogP) is 2.20. The van der Waals surface area contributed by atoms with E-state index in [4.69, 9.17) is 0 Å². The van der Waals surface area contributed by atoms with Crippen molar-refractivity contribution >= 4 is 5.91 Å². The van der Waals surface area contributed by atoms with Crippen molar-refractivity contribution in [1.82, 2.24) is 14.7 Å². The maximum Gasteiger partial charge on any atom is 0.403 e. The summed E-state index contributed by atoms with van der Waals surface area (Å²) in [6.07, 6.45) is -2.11. The smallest absolute Gasteiger partial charge is 0.341 e. The summed E-state index contributed by atoms with van der Waals surface area (Å²) < 4.78 is 38.3. The highest BCUT2D eigenvalue weighted by Crippen LogP contribution is 2.25. The second-order valence-electron chi connectivity index (χ2n) is 6.97. The first-order chi connectivity index (χ1) is 10.7. The van der Waals surface area contributed by atoms with Crippen LogP contribution in [0, 0.1) is 5.92 Å². The fourth-order valence-electron chi connectivity index (χ4n) is 3.37. The first kappa shape index (κ1) is 18.5. The number of alkyl halides is 3. The van der Waals surface area contributed by atoms with Crippen molar-refractivity contribution in [2.45, 2.75) is 51.9 Å². The summed E-state index contributed by atoms with van der Waals surface area (Å²) in [5.74, 6) is 0.788. The zero-order chi connectivity index (χ0) is 17.2. The molecule has 2 aliphatic heterocycles. The Labute approximate surface area is 136 Å². The van der Waals surface area contributed by atoms with E-state index in [-0.39, 0.29) is 11.9 Å². The van der Waals surface area contributed by atoms with Crippen LogP contribution in [0.25, 0.3) is 0 Å². The van der Waals surface area contributed by atoms with Gasteiger partial charge in [-0.05, 0) is 32.6 Å². The Morgan fingerprint density at radius 2 is 1.43 bits per heavy atom. The van der Waals surface area contributed by atoms with Crippen molar-refractivity contribution in [3.8, 4) is 0 Å². The second-order valence-corrected chi connectivity index (χ2v) is 6.97. The van der Waals surface area contributed by atoms with E-state index in [0.717, 1.165) is 25.9 Å². The fraction of sp³-hybridized carbons (Fsp3) is 0.938. The zero-order valence-corrected chi connectivity index (χ0v) is 14.3.